The van der Waals surface area contributed by atoms with E-state index in [-0.39, 0.29) is 23.7 Å². The summed E-state index contributed by atoms with van der Waals surface area (Å²) < 4.78 is 10.1. The number of carbonyl (C=O) groups is 1. The topological polar surface area (TPSA) is 47.6 Å². The highest BCUT2D eigenvalue weighted by molar-refractivity contribution is 5.75. The van der Waals surface area contributed by atoms with Crippen molar-refractivity contribution >= 4 is 5.97 Å². The van der Waals surface area contributed by atoms with Crippen LogP contribution in [0.5, 0.6) is 0 Å². The van der Waals surface area contributed by atoms with Gasteiger partial charge in [0.25, 0.3) is 0 Å². The van der Waals surface area contributed by atoms with Crippen molar-refractivity contribution in [1.82, 2.24) is 5.32 Å². The molecule has 0 aromatic carbocycles. The second kappa shape index (κ2) is 6.86. The Morgan fingerprint density at radius 3 is 2.31 bits per heavy atom. The van der Waals surface area contributed by atoms with Gasteiger partial charge in [0, 0.05) is 19.6 Å². The van der Waals surface area contributed by atoms with Crippen LogP contribution in [0.25, 0.3) is 0 Å². The Morgan fingerprint density at radius 2 is 1.94 bits per heavy atom. The van der Waals surface area contributed by atoms with Crippen molar-refractivity contribution in [2.45, 2.75) is 58.2 Å². The van der Waals surface area contributed by atoms with E-state index in [1.807, 2.05) is 13.8 Å². The van der Waals surface area contributed by atoms with E-state index in [0.29, 0.717) is 6.42 Å². The van der Waals surface area contributed by atoms with Crippen molar-refractivity contribution < 1.29 is 14.3 Å². The molecule has 0 saturated heterocycles. The molecule has 96 valence electrons. The highest BCUT2D eigenvalue weighted by Gasteiger charge is 2.29. The van der Waals surface area contributed by atoms with Crippen molar-refractivity contribution in [1.29, 1.82) is 0 Å². The number of carbonyl (C=O) groups excluding carboxylic acids is 1. The SMILES string of the molecule is CCC(C)NC(CC(C)(C)OC)C(=O)OC. The number of rotatable bonds is 7. The zero-order valence-electron chi connectivity index (χ0n) is 11.3. The minimum absolute atomic E-state index is 0.231. The van der Waals surface area contributed by atoms with E-state index in [2.05, 4.69) is 19.2 Å². The summed E-state index contributed by atoms with van der Waals surface area (Å²) in [5.41, 5.74) is -0.334. The smallest absolute Gasteiger partial charge is 0.322 e. The van der Waals surface area contributed by atoms with Gasteiger partial charge < -0.3 is 14.8 Å². The Bertz CT molecular complexity index is 216. The van der Waals surface area contributed by atoms with Gasteiger partial charge in [0.05, 0.1) is 12.7 Å². The lowest BCUT2D eigenvalue weighted by Crippen LogP contribution is -2.46. The minimum atomic E-state index is -0.334. The summed E-state index contributed by atoms with van der Waals surface area (Å²) in [6.07, 6.45) is 1.57. The molecule has 0 aliphatic carbocycles. The Balaban J connectivity index is 4.49. The second-order valence-electron chi connectivity index (χ2n) is 4.72. The monoisotopic (exact) mass is 231 g/mol. The molecule has 4 nitrogen and oxygen atoms in total. The molecule has 0 fully saturated rings. The molecule has 2 unspecified atom stereocenters. The Kier molecular flexibility index (Phi) is 6.60. The maximum atomic E-state index is 11.6. The number of hydrogen-bond donors (Lipinski definition) is 1. The molecule has 1 N–H and O–H groups in total. The van der Waals surface area contributed by atoms with Gasteiger partial charge >= 0.3 is 5.97 Å². The quantitative estimate of drug-likeness (QED) is 0.678. The lowest BCUT2D eigenvalue weighted by Gasteiger charge is -2.29. The molecule has 0 aromatic rings. The van der Waals surface area contributed by atoms with Crippen LogP contribution in [0, 0.1) is 0 Å². The van der Waals surface area contributed by atoms with Crippen molar-refractivity contribution in [2.24, 2.45) is 0 Å². The first kappa shape index (κ1) is 15.4. The minimum Gasteiger partial charge on any atom is -0.468 e. The van der Waals surface area contributed by atoms with Crippen LogP contribution in [-0.4, -0.2) is 37.9 Å². The first-order valence-corrected chi connectivity index (χ1v) is 5.75. The van der Waals surface area contributed by atoms with Gasteiger partial charge in [0.2, 0.25) is 0 Å². The Labute approximate surface area is 98.7 Å². The fourth-order valence-electron chi connectivity index (χ4n) is 1.39. The molecule has 0 heterocycles. The van der Waals surface area contributed by atoms with Crippen molar-refractivity contribution in [3.8, 4) is 0 Å². The first-order chi connectivity index (χ1) is 7.36. The number of methoxy groups -OCH3 is 2. The molecule has 0 aromatic heterocycles. The number of nitrogens with one attached hydrogen (secondary N) is 1. The van der Waals surface area contributed by atoms with Gasteiger partial charge in [-0.25, -0.2) is 0 Å². The number of hydrogen-bond acceptors (Lipinski definition) is 4. The van der Waals surface area contributed by atoms with E-state index >= 15 is 0 Å². The maximum Gasteiger partial charge on any atom is 0.322 e. The van der Waals surface area contributed by atoms with E-state index < -0.39 is 0 Å². The Morgan fingerprint density at radius 1 is 1.38 bits per heavy atom. The number of ether oxygens (including phenoxy) is 2. The number of esters is 1. The van der Waals surface area contributed by atoms with E-state index in [4.69, 9.17) is 9.47 Å². The van der Waals surface area contributed by atoms with Gasteiger partial charge in [-0.05, 0) is 27.2 Å². The molecule has 0 radical (unpaired) electrons. The zero-order chi connectivity index (χ0) is 12.8. The van der Waals surface area contributed by atoms with Gasteiger partial charge in [-0.2, -0.15) is 0 Å². The van der Waals surface area contributed by atoms with Crippen LogP contribution in [0.2, 0.25) is 0 Å². The maximum absolute atomic E-state index is 11.6. The highest BCUT2D eigenvalue weighted by Crippen LogP contribution is 2.17. The van der Waals surface area contributed by atoms with Crippen LogP contribution < -0.4 is 5.32 Å². The normalized spacial score (nSPS) is 15.6. The van der Waals surface area contributed by atoms with E-state index in [9.17, 15) is 4.79 Å². The summed E-state index contributed by atoms with van der Waals surface area (Å²) in [6, 6.07) is -0.0216. The molecule has 0 spiro atoms. The van der Waals surface area contributed by atoms with Crippen LogP contribution in [0.1, 0.15) is 40.5 Å². The zero-order valence-corrected chi connectivity index (χ0v) is 11.3. The summed E-state index contributed by atoms with van der Waals surface area (Å²) in [5.74, 6) is -0.231. The van der Waals surface area contributed by atoms with E-state index in [0.717, 1.165) is 6.42 Å². The third-order valence-corrected chi connectivity index (χ3v) is 2.83. The average Bonchev–Trinajstić information content (AvgIpc) is 2.26. The summed E-state index contributed by atoms with van der Waals surface area (Å²) in [6.45, 7) is 8.05. The van der Waals surface area contributed by atoms with Crippen LogP contribution in [0.15, 0.2) is 0 Å². The van der Waals surface area contributed by atoms with Gasteiger partial charge in [0.1, 0.15) is 6.04 Å². The van der Waals surface area contributed by atoms with Crippen LogP contribution >= 0.6 is 0 Å². The van der Waals surface area contributed by atoms with Gasteiger partial charge in [-0.3, -0.25) is 4.79 Å². The summed E-state index contributed by atoms with van der Waals surface area (Å²) in [5, 5.41) is 3.25. The standard InChI is InChI=1S/C12H25NO3/c1-7-9(2)13-10(11(14)15-5)8-12(3,4)16-6/h9-10,13H,7-8H2,1-6H3. The predicted molar refractivity (Wildman–Crippen MR) is 64.4 cm³/mol. The van der Waals surface area contributed by atoms with Crippen LogP contribution in [0.4, 0.5) is 0 Å². The molecule has 0 saturated carbocycles. The largest absolute Gasteiger partial charge is 0.468 e. The third-order valence-electron chi connectivity index (χ3n) is 2.83. The van der Waals surface area contributed by atoms with Gasteiger partial charge in [-0.1, -0.05) is 6.92 Å². The Hall–Kier alpha value is -0.610. The van der Waals surface area contributed by atoms with Crippen molar-refractivity contribution in [3.63, 3.8) is 0 Å². The molecule has 0 bridgehead atoms. The fourth-order valence-corrected chi connectivity index (χ4v) is 1.39. The second-order valence-corrected chi connectivity index (χ2v) is 4.72. The van der Waals surface area contributed by atoms with Gasteiger partial charge in [0.15, 0.2) is 0 Å². The highest BCUT2D eigenvalue weighted by atomic mass is 16.5. The van der Waals surface area contributed by atoms with Crippen LogP contribution in [-0.2, 0) is 14.3 Å². The molecule has 0 aliphatic heterocycles. The van der Waals surface area contributed by atoms with E-state index in [1.165, 1.54) is 7.11 Å². The lowest BCUT2D eigenvalue weighted by atomic mass is 9.98. The van der Waals surface area contributed by atoms with Crippen molar-refractivity contribution in [3.05, 3.63) is 0 Å². The van der Waals surface area contributed by atoms with Crippen molar-refractivity contribution in [2.75, 3.05) is 14.2 Å². The average molecular weight is 231 g/mol. The molecule has 0 aliphatic rings. The third kappa shape index (κ3) is 5.47. The van der Waals surface area contributed by atoms with Gasteiger partial charge in [-0.15, -0.1) is 0 Å². The first-order valence-electron chi connectivity index (χ1n) is 5.75. The van der Waals surface area contributed by atoms with E-state index in [1.54, 1.807) is 7.11 Å². The molecule has 4 heteroatoms. The predicted octanol–water partition coefficient (Wildman–Crippen LogP) is 1.73. The lowest BCUT2D eigenvalue weighted by molar-refractivity contribution is -0.145. The molecule has 16 heavy (non-hydrogen) atoms. The molecular weight excluding hydrogens is 206 g/mol. The summed E-state index contributed by atoms with van der Waals surface area (Å²) in [4.78, 5) is 11.6. The van der Waals surface area contributed by atoms with Crippen LogP contribution in [0.3, 0.4) is 0 Å². The summed E-state index contributed by atoms with van der Waals surface area (Å²) >= 11 is 0. The fraction of sp³-hybridized carbons (Fsp3) is 0.917. The molecule has 0 rings (SSSR count). The molecule has 2 atom stereocenters. The molecule has 0 amide bonds. The molecular formula is C12H25NO3. The summed E-state index contributed by atoms with van der Waals surface area (Å²) in [7, 11) is 3.06.